The van der Waals surface area contributed by atoms with Crippen LogP contribution in [-0.4, -0.2) is 13.0 Å². The van der Waals surface area contributed by atoms with E-state index in [-0.39, 0.29) is 0 Å². The van der Waals surface area contributed by atoms with Crippen molar-refractivity contribution in [1.29, 1.82) is 0 Å². The van der Waals surface area contributed by atoms with E-state index in [4.69, 9.17) is 7.85 Å². The molecule has 1 rings (SSSR count). The zero-order chi connectivity index (χ0) is 9.30. The van der Waals surface area contributed by atoms with Gasteiger partial charge in [0.2, 0.25) is 0 Å². The van der Waals surface area contributed by atoms with E-state index in [0.29, 0.717) is 11.7 Å². The maximum absolute atomic E-state index is 9.53. The van der Waals surface area contributed by atoms with Crippen LogP contribution in [-0.2, 0) is 0 Å². The van der Waals surface area contributed by atoms with Crippen molar-refractivity contribution >= 4 is 13.3 Å². The van der Waals surface area contributed by atoms with Crippen LogP contribution in [0.4, 0.5) is 0 Å². The Hall–Kier alpha value is -0.915. The highest BCUT2D eigenvalue weighted by Gasteiger charge is 2.06. The number of benzene rings is 1. The molecule has 62 valence electrons. The van der Waals surface area contributed by atoms with E-state index in [0.717, 1.165) is 16.6 Å². The summed E-state index contributed by atoms with van der Waals surface area (Å²) in [6.07, 6.45) is 0. The molecule has 0 saturated carbocycles. The summed E-state index contributed by atoms with van der Waals surface area (Å²) in [6.45, 7) is 5.95. The van der Waals surface area contributed by atoms with Gasteiger partial charge in [-0.3, -0.25) is 0 Å². The van der Waals surface area contributed by atoms with Crippen molar-refractivity contribution in [2.75, 3.05) is 0 Å². The van der Waals surface area contributed by atoms with E-state index in [1.165, 1.54) is 0 Å². The minimum atomic E-state index is 0.313. The van der Waals surface area contributed by atoms with Crippen LogP contribution in [0.1, 0.15) is 30.9 Å². The minimum absolute atomic E-state index is 0.313. The second-order valence-corrected chi connectivity index (χ2v) is 3.42. The highest BCUT2D eigenvalue weighted by molar-refractivity contribution is 6.33. The highest BCUT2D eigenvalue weighted by Crippen LogP contribution is 2.24. The van der Waals surface area contributed by atoms with Crippen molar-refractivity contribution in [3.05, 3.63) is 23.3 Å². The summed E-state index contributed by atoms with van der Waals surface area (Å²) in [4.78, 5) is 0. The van der Waals surface area contributed by atoms with Gasteiger partial charge in [-0.1, -0.05) is 30.9 Å². The molecule has 1 aromatic rings. The molecule has 0 aliphatic carbocycles. The molecule has 0 fully saturated rings. The number of rotatable bonds is 1. The second kappa shape index (κ2) is 3.22. The van der Waals surface area contributed by atoms with Crippen LogP contribution in [0.25, 0.3) is 0 Å². The second-order valence-electron chi connectivity index (χ2n) is 3.42. The maximum atomic E-state index is 9.53. The van der Waals surface area contributed by atoms with E-state index in [1.807, 2.05) is 26.8 Å². The van der Waals surface area contributed by atoms with Gasteiger partial charge in [0.05, 0.1) is 0 Å². The molecule has 0 spiro atoms. The number of hydrogen-bond donors (Lipinski definition) is 1. The molecule has 0 aromatic heterocycles. The fourth-order valence-electron chi connectivity index (χ4n) is 1.19. The van der Waals surface area contributed by atoms with E-state index < -0.39 is 0 Å². The van der Waals surface area contributed by atoms with Gasteiger partial charge in [-0.15, -0.1) is 0 Å². The Kier molecular flexibility index (Phi) is 2.46. The molecular weight excluding hydrogens is 147 g/mol. The number of hydrogen-bond acceptors (Lipinski definition) is 1. The first kappa shape index (κ1) is 9.18. The molecule has 0 saturated heterocycles. The SMILES string of the molecule is [B]c1cc(C(C)C)c(O)cc1C. The minimum Gasteiger partial charge on any atom is -0.508 e. The Balaban J connectivity index is 3.23. The van der Waals surface area contributed by atoms with Gasteiger partial charge in [0.1, 0.15) is 13.6 Å². The zero-order valence-electron chi connectivity index (χ0n) is 7.76. The van der Waals surface area contributed by atoms with E-state index in [1.54, 1.807) is 6.07 Å². The van der Waals surface area contributed by atoms with Gasteiger partial charge in [0, 0.05) is 0 Å². The molecule has 12 heavy (non-hydrogen) atoms. The number of phenolic OH excluding ortho intramolecular Hbond substituents is 1. The lowest BCUT2D eigenvalue weighted by Crippen LogP contribution is -2.08. The van der Waals surface area contributed by atoms with Gasteiger partial charge < -0.3 is 5.11 Å². The predicted octanol–water partition coefficient (Wildman–Crippen LogP) is 1.62. The van der Waals surface area contributed by atoms with Crippen LogP contribution in [0.15, 0.2) is 12.1 Å². The lowest BCUT2D eigenvalue weighted by Gasteiger charge is -2.11. The van der Waals surface area contributed by atoms with Crippen LogP contribution in [0, 0.1) is 6.92 Å². The molecule has 0 unspecified atom stereocenters. The van der Waals surface area contributed by atoms with Gasteiger partial charge in [-0.2, -0.15) is 0 Å². The molecule has 2 radical (unpaired) electrons. The molecule has 1 aromatic carbocycles. The molecule has 1 N–H and O–H groups in total. The molecule has 1 nitrogen and oxygen atoms in total. The summed E-state index contributed by atoms with van der Waals surface area (Å²) in [7, 11) is 5.72. The molecule has 2 heteroatoms. The van der Waals surface area contributed by atoms with Crippen molar-refractivity contribution in [1.82, 2.24) is 0 Å². The molecule has 0 bridgehead atoms. The van der Waals surface area contributed by atoms with Gasteiger partial charge in [0.15, 0.2) is 0 Å². The molecule has 0 aliphatic heterocycles. The fourth-order valence-corrected chi connectivity index (χ4v) is 1.19. The molecule has 0 atom stereocenters. The van der Waals surface area contributed by atoms with Crippen molar-refractivity contribution in [2.45, 2.75) is 26.7 Å². The van der Waals surface area contributed by atoms with E-state index >= 15 is 0 Å². The standard InChI is InChI=1S/C10H13BO/c1-6(2)8-5-9(11)7(3)4-10(8)12/h4-6,12H,1-3H3. The first-order valence-corrected chi connectivity index (χ1v) is 4.11. The first-order chi connectivity index (χ1) is 5.52. The molecule has 0 amide bonds. The summed E-state index contributed by atoms with van der Waals surface area (Å²) in [5, 5.41) is 9.53. The Morgan fingerprint density at radius 1 is 1.33 bits per heavy atom. The normalized spacial score (nSPS) is 10.7. The third-order valence-electron chi connectivity index (χ3n) is 2.04. The predicted molar refractivity (Wildman–Crippen MR) is 52.3 cm³/mol. The average molecular weight is 160 g/mol. The third-order valence-corrected chi connectivity index (χ3v) is 2.04. The summed E-state index contributed by atoms with van der Waals surface area (Å²) in [5.41, 5.74) is 2.59. The summed E-state index contributed by atoms with van der Waals surface area (Å²) in [6, 6.07) is 3.56. The molecule has 0 heterocycles. The number of aryl methyl sites for hydroxylation is 1. The maximum Gasteiger partial charge on any atom is 0.119 e. The summed E-state index contributed by atoms with van der Waals surface area (Å²) < 4.78 is 0. The van der Waals surface area contributed by atoms with Crippen LogP contribution in [0.2, 0.25) is 0 Å². The first-order valence-electron chi connectivity index (χ1n) is 4.11. The van der Waals surface area contributed by atoms with Crippen molar-refractivity contribution in [2.24, 2.45) is 0 Å². The lowest BCUT2D eigenvalue weighted by molar-refractivity contribution is 0.464. The Morgan fingerprint density at radius 2 is 1.92 bits per heavy atom. The van der Waals surface area contributed by atoms with Crippen molar-refractivity contribution < 1.29 is 5.11 Å². The zero-order valence-corrected chi connectivity index (χ0v) is 7.76. The van der Waals surface area contributed by atoms with E-state index in [2.05, 4.69) is 0 Å². The average Bonchev–Trinajstić information content (AvgIpc) is 1.96. The van der Waals surface area contributed by atoms with Crippen LogP contribution in [0.3, 0.4) is 0 Å². The monoisotopic (exact) mass is 160 g/mol. The van der Waals surface area contributed by atoms with Crippen LogP contribution >= 0.6 is 0 Å². The Labute approximate surface area is 74.8 Å². The molecule has 0 aliphatic rings. The highest BCUT2D eigenvalue weighted by atomic mass is 16.3. The largest absolute Gasteiger partial charge is 0.508 e. The van der Waals surface area contributed by atoms with Crippen LogP contribution < -0.4 is 5.46 Å². The topological polar surface area (TPSA) is 20.2 Å². The van der Waals surface area contributed by atoms with Gasteiger partial charge in [0.25, 0.3) is 0 Å². The van der Waals surface area contributed by atoms with Crippen molar-refractivity contribution in [3.63, 3.8) is 0 Å². The summed E-state index contributed by atoms with van der Waals surface area (Å²) in [5.74, 6) is 0.657. The Morgan fingerprint density at radius 3 is 2.42 bits per heavy atom. The van der Waals surface area contributed by atoms with Gasteiger partial charge >= 0.3 is 0 Å². The van der Waals surface area contributed by atoms with Gasteiger partial charge in [-0.05, 0) is 24.5 Å². The number of phenols is 1. The molecular formula is C10H13BO. The Bertz CT molecular complexity index is 292. The summed E-state index contributed by atoms with van der Waals surface area (Å²) >= 11 is 0. The van der Waals surface area contributed by atoms with Crippen molar-refractivity contribution in [3.8, 4) is 5.75 Å². The number of aromatic hydroxyl groups is 1. The quantitative estimate of drug-likeness (QED) is 0.619. The van der Waals surface area contributed by atoms with Gasteiger partial charge in [-0.25, -0.2) is 0 Å². The van der Waals surface area contributed by atoms with E-state index in [9.17, 15) is 5.11 Å². The fraction of sp³-hybridized carbons (Fsp3) is 0.400. The smallest absolute Gasteiger partial charge is 0.119 e. The lowest BCUT2D eigenvalue weighted by atomic mass is 9.87. The van der Waals surface area contributed by atoms with Crippen LogP contribution in [0.5, 0.6) is 5.75 Å². The third kappa shape index (κ3) is 1.63.